The number of carboxylic acid groups (broad SMARTS) is 1. The minimum atomic E-state index is -5.08. The number of benzene rings is 1. The van der Waals surface area contributed by atoms with Crippen molar-refractivity contribution in [2.75, 3.05) is 6.54 Å². The quantitative estimate of drug-likeness (QED) is 0.174. The maximum atomic E-state index is 12.9. The fourth-order valence-electron chi connectivity index (χ4n) is 5.06. The van der Waals surface area contributed by atoms with Gasteiger partial charge in [0.05, 0.1) is 5.57 Å². The summed E-state index contributed by atoms with van der Waals surface area (Å²) in [5, 5.41) is 7.12. The van der Waals surface area contributed by atoms with Crippen molar-refractivity contribution in [2.24, 2.45) is 0 Å². The minimum Gasteiger partial charge on any atom is -0.475 e. The highest BCUT2D eigenvalue weighted by atomic mass is 19.4. The highest BCUT2D eigenvalue weighted by Crippen LogP contribution is 2.34. The fraction of sp³-hybridized carbons (Fsp3) is 0.424. The molecule has 220 valence electrons. The van der Waals surface area contributed by atoms with Gasteiger partial charge in [-0.3, -0.25) is 9.59 Å². The third-order valence-corrected chi connectivity index (χ3v) is 7.24. The number of aliphatic carboxylic acids is 1. The van der Waals surface area contributed by atoms with Crippen LogP contribution in [0.4, 0.5) is 13.2 Å². The van der Waals surface area contributed by atoms with Gasteiger partial charge in [-0.1, -0.05) is 88.3 Å². The molecule has 0 saturated heterocycles. The average molecular weight is 570 g/mol. The first-order valence-corrected chi connectivity index (χ1v) is 14.4. The summed E-state index contributed by atoms with van der Waals surface area (Å²) in [5.41, 5.74) is 4.71. The molecule has 4 rings (SSSR count). The van der Waals surface area contributed by atoms with Crippen LogP contribution in [0.25, 0.3) is 0 Å². The molecule has 0 bridgehead atoms. The van der Waals surface area contributed by atoms with Crippen LogP contribution >= 0.6 is 0 Å². The van der Waals surface area contributed by atoms with E-state index >= 15 is 0 Å². The van der Waals surface area contributed by atoms with E-state index in [1.54, 1.807) is 12.1 Å². The summed E-state index contributed by atoms with van der Waals surface area (Å²) in [6, 6.07) is 7.17. The molecule has 0 saturated carbocycles. The van der Waals surface area contributed by atoms with Crippen molar-refractivity contribution < 1.29 is 32.7 Å². The molecule has 0 unspecified atom stereocenters. The Hall–Kier alpha value is -3.68. The number of carboxylic acids is 1. The minimum absolute atomic E-state index is 0.116. The molecule has 1 aromatic rings. The van der Waals surface area contributed by atoms with Gasteiger partial charge >= 0.3 is 12.1 Å². The van der Waals surface area contributed by atoms with Crippen molar-refractivity contribution in [1.29, 1.82) is 0 Å². The van der Waals surface area contributed by atoms with E-state index in [0.717, 1.165) is 37.0 Å². The number of fused-ring (bicyclic) bond motifs is 1. The topological polar surface area (TPSA) is 74.7 Å². The summed E-state index contributed by atoms with van der Waals surface area (Å²) < 4.78 is 31.7. The van der Waals surface area contributed by atoms with Crippen molar-refractivity contribution in [3.8, 4) is 0 Å². The molecule has 1 aliphatic heterocycles. The van der Waals surface area contributed by atoms with Crippen LogP contribution in [0.1, 0.15) is 98.3 Å². The molecule has 0 spiro atoms. The van der Waals surface area contributed by atoms with Gasteiger partial charge in [0.15, 0.2) is 11.6 Å². The molecule has 8 heteroatoms. The van der Waals surface area contributed by atoms with Gasteiger partial charge in [-0.2, -0.15) is 13.2 Å². The Balaban J connectivity index is 0.000000587. The van der Waals surface area contributed by atoms with Crippen molar-refractivity contribution in [2.45, 2.75) is 83.7 Å². The van der Waals surface area contributed by atoms with Gasteiger partial charge in [-0.05, 0) is 54.6 Å². The SMILES string of the molecule is CCCCCCCCCCN1C=CC(=CC2=CC(=C3C(=O)c4ccccc4C3=O)CCC2)C=C1.O=C(O)C(F)(F)F. The molecule has 1 aromatic carbocycles. The summed E-state index contributed by atoms with van der Waals surface area (Å²) in [7, 11) is 0. The van der Waals surface area contributed by atoms with Crippen LogP contribution in [0.2, 0.25) is 0 Å². The van der Waals surface area contributed by atoms with Gasteiger partial charge in [0.1, 0.15) is 0 Å². The van der Waals surface area contributed by atoms with Gasteiger partial charge in [0.25, 0.3) is 0 Å². The average Bonchev–Trinajstić information content (AvgIpc) is 3.20. The monoisotopic (exact) mass is 569 g/mol. The van der Waals surface area contributed by atoms with E-state index in [4.69, 9.17) is 9.90 Å². The summed E-state index contributed by atoms with van der Waals surface area (Å²) in [6.45, 7) is 3.33. The molecule has 0 atom stereocenters. The third kappa shape index (κ3) is 9.44. The van der Waals surface area contributed by atoms with Crippen molar-refractivity contribution in [3.63, 3.8) is 0 Å². The number of alkyl halides is 3. The molecule has 1 N–H and O–H groups in total. The molecule has 3 aliphatic rings. The maximum absolute atomic E-state index is 12.9. The van der Waals surface area contributed by atoms with E-state index in [1.165, 1.54) is 56.9 Å². The second-order valence-electron chi connectivity index (χ2n) is 10.5. The van der Waals surface area contributed by atoms with E-state index in [1.807, 2.05) is 12.1 Å². The Kier molecular flexibility index (Phi) is 11.9. The lowest BCUT2D eigenvalue weighted by Crippen LogP contribution is -2.21. The molecular weight excluding hydrogens is 531 g/mol. The first-order valence-electron chi connectivity index (χ1n) is 14.4. The van der Waals surface area contributed by atoms with Gasteiger partial charge in [0, 0.05) is 30.1 Å². The number of nitrogens with zero attached hydrogens (tertiary/aromatic N) is 1. The van der Waals surface area contributed by atoms with E-state index in [-0.39, 0.29) is 11.6 Å². The number of rotatable bonds is 10. The van der Waals surface area contributed by atoms with Crippen LogP contribution in [-0.4, -0.2) is 40.3 Å². The van der Waals surface area contributed by atoms with Crippen LogP contribution in [0.3, 0.4) is 0 Å². The summed E-state index contributed by atoms with van der Waals surface area (Å²) in [4.78, 5) is 36.9. The lowest BCUT2D eigenvalue weighted by molar-refractivity contribution is -0.192. The Bertz CT molecular complexity index is 1210. The Labute approximate surface area is 239 Å². The summed E-state index contributed by atoms with van der Waals surface area (Å²) in [6.07, 6.45) is 21.3. The molecule has 0 radical (unpaired) electrons. The van der Waals surface area contributed by atoms with Crippen molar-refractivity contribution in [1.82, 2.24) is 4.90 Å². The van der Waals surface area contributed by atoms with E-state index in [0.29, 0.717) is 16.7 Å². The standard InChI is InChI=1S/C31H37NO2.C2HF3O2/c1-2-3-4-5-6-7-8-11-19-32-20-17-24(18-21-32)22-25-13-12-14-26(23-25)29-30(33)27-15-9-10-16-28(27)31(29)34;3-2(4,5)1(6)7/h9-10,15-18,20-23H,2-8,11-14,19H2,1H3;(H,6,7). The smallest absolute Gasteiger partial charge is 0.475 e. The van der Waals surface area contributed by atoms with Gasteiger partial charge in [-0.25, -0.2) is 4.79 Å². The van der Waals surface area contributed by atoms with E-state index in [2.05, 4.69) is 48.5 Å². The number of hydrogen-bond acceptors (Lipinski definition) is 4. The first kappa shape index (κ1) is 31.8. The highest BCUT2D eigenvalue weighted by molar-refractivity contribution is 6.40. The molecule has 5 nitrogen and oxygen atoms in total. The summed E-state index contributed by atoms with van der Waals surface area (Å²) >= 11 is 0. The number of carbonyl (C=O) groups excluding carboxylic acids is 2. The third-order valence-electron chi connectivity index (χ3n) is 7.24. The van der Waals surface area contributed by atoms with Crippen LogP contribution in [0.5, 0.6) is 0 Å². The number of unbranched alkanes of at least 4 members (excludes halogenated alkanes) is 7. The Morgan fingerprint density at radius 3 is 1.98 bits per heavy atom. The predicted octanol–water partition coefficient (Wildman–Crippen LogP) is 8.52. The van der Waals surface area contributed by atoms with Gasteiger partial charge in [0.2, 0.25) is 0 Å². The Morgan fingerprint density at radius 1 is 0.902 bits per heavy atom. The molecular formula is C33H38F3NO4. The largest absolute Gasteiger partial charge is 0.490 e. The zero-order valence-electron chi connectivity index (χ0n) is 23.5. The van der Waals surface area contributed by atoms with Crippen LogP contribution < -0.4 is 0 Å². The number of ketones is 2. The molecule has 1 heterocycles. The number of Topliss-reactive ketones (excluding diaryl/α,β-unsaturated/α-hetero) is 2. The van der Waals surface area contributed by atoms with Crippen molar-refractivity contribution >= 4 is 17.5 Å². The second kappa shape index (κ2) is 15.4. The zero-order chi connectivity index (χ0) is 29.8. The highest BCUT2D eigenvalue weighted by Gasteiger charge is 2.38. The van der Waals surface area contributed by atoms with Gasteiger partial charge in [-0.15, -0.1) is 0 Å². The number of allylic oxidation sites excluding steroid dienone is 8. The lowest BCUT2D eigenvalue weighted by Gasteiger charge is -2.19. The van der Waals surface area contributed by atoms with E-state index < -0.39 is 12.1 Å². The molecule has 0 amide bonds. The number of carbonyl (C=O) groups is 3. The molecule has 0 aromatic heterocycles. The van der Waals surface area contributed by atoms with Gasteiger partial charge < -0.3 is 10.0 Å². The van der Waals surface area contributed by atoms with E-state index in [9.17, 15) is 22.8 Å². The first-order chi connectivity index (χ1) is 19.6. The summed E-state index contributed by atoms with van der Waals surface area (Å²) in [5.74, 6) is -2.99. The number of halogens is 3. The molecule has 41 heavy (non-hydrogen) atoms. The fourth-order valence-corrected chi connectivity index (χ4v) is 5.06. The predicted molar refractivity (Wildman–Crippen MR) is 153 cm³/mol. The van der Waals surface area contributed by atoms with Crippen LogP contribution in [-0.2, 0) is 4.79 Å². The molecule has 0 fully saturated rings. The normalized spacial score (nSPS) is 16.4. The Morgan fingerprint density at radius 2 is 1.44 bits per heavy atom. The number of hydrogen-bond donors (Lipinski definition) is 1. The maximum Gasteiger partial charge on any atom is 0.490 e. The lowest BCUT2D eigenvalue weighted by atomic mass is 9.89. The second-order valence-corrected chi connectivity index (χ2v) is 10.5. The van der Waals surface area contributed by atoms with Crippen LogP contribution in [0, 0.1) is 0 Å². The van der Waals surface area contributed by atoms with Crippen LogP contribution in [0.15, 0.2) is 83.3 Å². The zero-order valence-corrected chi connectivity index (χ0v) is 23.5. The van der Waals surface area contributed by atoms with Crippen molar-refractivity contribution in [3.05, 3.63) is 94.4 Å². The molecule has 2 aliphatic carbocycles.